The van der Waals surface area contributed by atoms with Crippen molar-refractivity contribution in [2.75, 3.05) is 0 Å². The summed E-state index contributed by atoms with van der Waals surface area (Å²) in [6.45, 7) is 3.56. The second kappa shape index (κ2) is 6.23. The van der Waals surface area contributed by atoms with Crippen molar-refractivity contribution in [3.63, 3.8) is 0 Å². The van der Waals surface area contributed by atoms with Gasteiger partial charge < -0.3 is 5.11 Å². The van der Waals surface area contributed by atoms with Crippen LogP contribution in [0.25, 0.3) is 0 Å². The summed E-state index contributed by atoms with van der Waals surface area (Å²) in [5, 5.41) is 8.18. The molecule has 0 bridgehead atoms. The SMILES string of the molecule is CCC(C)C(=O)O.[K]. The molecular weight excluding hydrogens is 131 g/mol. The normalized spacial score (nSPS) is 11.8. The minimum atomic E-state index is -0.706. The Morgan fingerprint density at radius 2 is 2.12 bits per heavy atom. The van der Waals surface area contributed by atoms with Gasteiger partial charge in [-0.25, -0.2) is 0 Å². The van der Waals surface area contributed by atoms with Crippen LogP contribution in [0.4, 0.5) is 0 Å². The number of aliphatic carboxylic acids is 1. The maximum Gasteiger partial charge on any atom is 0.306 e. The van der Waals surface area contributed by atoms with Crippen molar-refractivity contribution >= 4 is 57.4 Å². The van der Waals surface area contributed by atoms with E-state index in [1.54, 1.807) is 6.92 Å². The number of carboxylic acid groups (broad SMARTS) is 1. The Kier molecular flexibility index (Phi) is 9.23. The molecule has 0 aromatic rings. The standard InChI is InChI=1S/C5H10O2.K/c1-3-4(2)5(6)7;/h4H,3H2,1-2H3,(H,6,7);. The summed E-state index contributed by atoms with van der Waals surface area (Å²) in [4.78, 5) is 9.93. The van der Waals surface area contributed by atoms with Gasteiger partial charge in [0.15, 0.2) is 0 Å². The number of rotatable bonds is 2. The molecule has 3 heteroatoms. The van der Waals surface area contributed by atoms with Gasteiger partial charge in [0.1, 0.15) is 0 Å². The molecule has 0 aliphatic carbocycles. The summed E-state index contributed by atoms with van der Waals surface area (Å²) in [5.74, 6) is -0.887. The first-order valence-electron chi connectivity index (χ1n) is 2.41. The largest absolute Gasteiger partial charge is 0.481 e. The smallest absolute Gasteiger partial charge is 0.306 e. The third-order valence-corrected chi connectivity index (χ3v) is 1.03. The second-order valence-corrected chi connectivity index (χ2v) is 1.65. The van der Waals surface area contributed by atoms with Crippen LogP contribution in [0.1, 0.15) is 20.3 Å². The van der Waals surface area contributed by atoms with E-state index in [9.17, 15) is 4.79 Å². The molecule has 1 atom stereocenters. The van der Waals surface area contributed by atoms with Crippen LogP contribution in [-0.2, 0) is 4.79 Å². The van der Waals surface area contributed by atoms with Crippen LogP contribution < -0.4 is 0 Å². The average Bonchev–Trinajstić information content (AvgIpc) is 1.65. The fourth-order valence-electron chi connectivity index (χ4n) is 0.175. The van der Waals surface area contributed by atoms with Crippen LogP contribution >= 0.6 is 0 Å². The summed E-state index contributed by atoms with van der Waals surface area (Å²) >= 11 is 0. The van der Waals surface area contributed by atoms with Gasteiger partial charge in [0.05, 0.1) is 5.92 Å². The number of hydrogen-bond donors (Lipinski definition) is 1. The van der Waals surface area contributed by atoms with E-state index in [0.717, 1.165) is 6.42 Å². The van der Waals surface area contributed by atoms with E-state index < -0.39 is 5.97 Å². The van der Waals surface area contributed by atoms with E-state index in [0.29, 0.717) is 0 Å². The Balaban J connectivity index is 0. The van der Waals surface area contributed by atoms with Crippen LogP contribution in [0, 0.1) is 5.92 Å². The van der Waals surface area contributed by atoms with Crippen molar-refractivity contribution in [3.05, 3.63) is 0 Å². The summed E-state index contributed by atoms with van der Waals surface area (Å²) in [6.07, 6.45) is 0.718. The zero-order chi connectivity index (χ0) is 5.86. The monoisotopic (exact) mass is 141 g/mol. The molecule has 0 saturated heterocycles. The molecule has 0 heterocycles. The van der Waals surface area contributed by atoms with Crippen molar-refractivity contribution < 1.29 is 9.90 Å². The maximum atomic E-state index is 9.93. The summed E-state index contributed by atoms with van der Waals surface area (Å²) in [6, 6.07) is 0. The summed E-state index contributed by atoms with van der Waals surface area (Å²) in [5.41, 5.74) is 0. The van der Waals surface area contributed by atoms with Gasteiger partial charge in [-0.2, -0.15) is 0 Å². The zero-order valence-electron chi connectivity index (χ0n) is 5.64. The van der Waals surface area contributed by atoms with Crippen molar-refractivity contribution in [1.82, 2.24) is 0 Å². The summed E-state index contributed by atoms with van der Waals surface area (Å²) in [7, 11) is 0. The molecule has 0 fully saturated rings. The molecule has 43 valence electrons. The van der Waals surface area contributed by atoms with Crippen molar-refractivity contribution in [1.29, 1.82) is 0 Å². The van der Waals surface area contributed by atoms with Crippen molar-refractivity contribution in [2.45, 2.75) is 20.3 Å². The van der Waals surface area contributed by atoms with Crippen LogP contribution in [-0.4, -0.2) is 62.5 Å². The van der Waals surface area contributed by atoms with Gasteiger partial charge in [0.2, 0.25) is 0 Å². The Labute approximate surface area is 92.1 Å². The topological polar surface area (TPSA) is 37.3 Å². The van der Waals surface area contributed by atoms with Gasteiger partial charge >= 0.3 is 5.97 Å². The molecule has 8 heavy (non-hydrogen) atoms. The first kappa shape index (κ1) is 11.8. The minimum Gasteiger partial charge on any atom is -0.481 e. The molecule has 0 aliphatic heterocycles. The Morgan fingerprint density at radius 1 is 1.75 bits per heavy atom. The van der Waals surface area contributed by atoms with Gasteiger partial charge in [-0.3, -0.25) is 4.79 Å². The number of carboxylic acids is 1. The van der Waals surface area contributed by atoms with Crippen molar-refractivity contribution in [3.8, 4) is 0 Å². The molecule has 0 aromatic carbocycles. The van der Waals surface area contributed by atoms with Gasteiger partial charge in [0.25, 0.3) is 0 Å². The molecular formula is C5H10KO2. The van der Waals surface area contributed by atoms with E-state index in [-0.39, 0.29) is 57.3 Å². The predicted octanol–water partition coefficient (Wildman–Crippen LogP) is 0.736. The molecule has 0 aromatic heterocycles. The second-order valence-electron chi connectivity index (χ2n) is 1.65. The first-order chi connectivity index (χ1) is 3.18. The molecule has 0 spiro atoms. The number of hydrogen-bond acceptors (Lipinski definition) is 1. The van der Waals surface area contributed by atoms with E-state index in [2.05, 4.69) is 0 Å². The van der Waals surface area contributed by atoms with E-state index in [1.807, 2.05) is 6.92 Å². The van der Waals surface area contributed by atoms with Gasteiger partial charge in [0, 0.05) is 51.4 Å². The molecule has 1 N–H and O–H groups in total. The average molecular weight is 141 g/mol. The molecule has 0 saturated carbocycles. The Bertz CT molecular complexity index is 72.8. The first-order valence-corrected chi connectivity index (χ1v) is 2.41. The maximum absolute atomic E-state index is 9.93. The fourth-order valence-corrected chi connectivity index (χ4v) is 0.175. The minimum absolute atomic E-state index is 0. The molecule has 0 rings (SSSR count). The van der Waals surface area contributed by atoms with Crippen LogP contribution in [0.2, 0.25) is 0 Å². The third-order valence-electron chi connectivity index (χ3n) is 1.03. The van der Waals surface area contributed by atoms with Gasteiger partial charge in [-0.15, -0.1) is 0 Å². The van der Waals surface area contributed by atoms with E-state index >= 15 is 0 Å². The zero-order valence-corrected chi connectivity index (χ0v) is 8.76. The quantitative estimate of drug-likeness (QED) is 0.576. The van der Waals surface area contributed by atoms with Crippen LogP contribution in [0.15, 0.2) is 0 Å². The fraction of sp³-hybridized carbons (Fsp3) is 0.800. The van der Waals surface area contributed by atoms with E-state index in [4.69, 9.17) is 5.11 Å². The van der Waals surface area contributed by atoms with Crippen LogP contribution in [0.3, 0.4) is 0 Å². The van der Waals surface area contributed by atoms with Gasteiger partial charge in [-0.05, 0) is 6.42 Å². The van der Waals surface area contributed by atoms with Crippen LogP contribution in [0.5, 0.6) is 0 Å². The number of carbonyl (C=O) groups is 1. The van der Waals surface area contributed by atoms with Crippen molar-refractivity contribution in [2.24, 2.45) is 5.92 Å². The third kappa shape index (κ3) is 5.25. The van der Waals surface area contributed by atoms with E-state index in [1.165, 1.54) is 0 Å². The molecule has 0 aliphatic rings. The Hall–Kier alpha value is 1.11. The molecule has 2 nitrogen and oxygen atoms in total. The molecule has 1 radical (unpaired) electrons. The van der Waals surface area contributed by atoms with Gasteiger partial charge in [-0.1, -0.05) is 13.8 Å². The predicted molar refractivity (Wildman–Crippen MR) is 32.8 cm³/mol. The molecule has 0 amide bonds. The molecule has 1 unspecified atom stereocenters. The Morgan fingerprint density at radius 3 is 2.12 bits per heavy atom. The summed E-state index contributed by atoms with van der Waals surface area (Å²) < 4.78 is 0.